The molecule has 7 heteroatoms. The highest BCUT2D eigenvalue weighted by Gasteiger charge is 2.11. The summed E-state index contributed by atoms with van der Waals surface area (Å²) in [4.78, 5) is 0. The fourth-order valence-corrected chi connectivity index (χ4v) is 3.07. The van der Waals surface area contributed by atoms with Gasteiger partial charge in [-0.2, -0.15) is 0 Å². The van der Waals surface area contributed by atoms with E-state index >= 15 is 0 Å². The molecule has 1 aromatic heterocycles. The summed E-state index contributed by atoms with van der Waals surface area (Å²) >= 11 is 6.85. The second kappa shape index (κ2) is 6.02. The first-order valence-corrected chi connectivity index (χ1v) is 7.18. The van der Waals surface area contributed by atoms with Crippen LogP contribution in [0.2, 0.25) is 0 Å². The smallest absolute Gasteiger partial charge is 0.170 e. The Kier molecular flexibility index (Phi) is 4.59. The molecule has 1 heterocycles. The van der Waals surface area contributed by atoms with Gasteiger partial charge >= 0.3 is 0 Å². The summed E-state index contributed by atoms with van der Waals surface area (Å²) in [6.45, 7) is 2.20. The van der Waals surface area contributed by atoms with Gasteiger partial charge in [-0.05, 0) is 56.5 Å². The summed E-state index contributed by atoms with van der Waals surface area (Å²) in [6, 6.07) is 3.64. The lowest BCUT2D eigenvalue weighted by atomic mass is 10.2. The van der Waals surface area contributed by atoms with E-state index in [2.05, 4.69) is 42.1 Å². The van der Waals surface area contributed by atoms with Crippen LogP contribution in [0.25, 0.3) is 0 Å². The number of aliphatic hydroxyl groups is 1. The van der Waals surface area contributed by atoms with Crippen molar-refractivity contribution in [1.82, 2.24) is 14.8 Å². The molecule has 1 N–H and O–H groups in total. The second-order valence-corrected chi connectivity index (χ2v) is 5.77. The third-order valence-electron chi connectivity index (χ3n) is 2.77. The molecule has 0 aliphatic carbocycles. The lowest BCUT2D eigenvalue weighted by Crippen LogP contribution is -2.05. The van der Waals surface area contributed by atoms with Gasteiger partial charge in [0.1, 0.15) is 18.2 Å². The number of aromatic nitrogens is 3. The molecule has 19 heavy (non-hydrogen) atoms. The zero-order chi connectivity index (χ0) is 14.0. The average Bonchev–Trinajstić information content (AvgIpc) is 2.69. The van der Waals surface area contributed by atoms with Crippen LogP contribution < -0.4 is 4.74 Å². The van der Waals surface area contributed by atoms with Gasteiger partial charge in [-0.25, -0.2) is 0 Å². The minimum Gasteiger partial charge on any atom is -0.483 e. The van der Waals surface area contributed by atoms with Gasteiger partial charge in [-0.1, -0.05) is 0 Å². The van der Waals surface area contributed by atoms with Crippen molar-refractivity contribution in [2.75, 3.05) is 0 Å². The Morgan fingerprint density at radius 1 is 1.26 bits per heavy atom. The van der Waals surface area contributed by atoms with Crippen LogP contribution in [0.15, 0.2) is 21.1 Å². The molecule has 0 saturated carbocycles. The van der Waals surface area contributed by atoms with Crippen LogP contribution in [0.4, 0.5) is 0 Å². The molecule has 0 bridgehead atoms. The number of aryl methyl sites for hydroxylation is 1. The van der Waals surface area contributed by atoms with Crippen LogP contribution in [-0.2, 0) is 20.3 Å². The van der Waals surface area contributed by atoms with Gasteiger partial charge in [0.15, 0.2) is 5.82 Å². The van der Waals surface area contributed by atoms with Gasteiger partial charge in [0.05, 0.1) is 15.6 Å². The molecule has 2 aromatic rings. The normalized spacial score (nSPS) is 10.8. The van der Waals surface area contributed by atoms with Crippen molar-refractivity contribution in [2.45, 2.75) is 20.1 Å². The minimum atomic E-state index is -0.0139. The van der Waals surface area contributed by atoms with Gasteiger partial charge in [0, 0.05) is 7.05 Å². The molecule has 0 atom stereocenters. The highest BCUT2D eigenvalue weighted by Crippen LogP contribution is 2.35. The molecule has 0 radical (unpaired) electrons. The van der Waals surface area contributed by atoms with Crippen molar-refractivity contribution in [2.24, 2.45) is 7.05 Å². The van der Waals surface area contributed by atoms with Gasteiger partial charge < -0.3 is 14.4 Å². The Labute approximate surface area is 127 Å². The third kappa shape index (κ3) is 3.16. The van der Waals surface area contributed by atoms with Crippen LogP contribution in [0, 0.1) is 6.92 Å². The molecule has 0 amide bonds. The molecule has 0 aliphatic rings. The van der Waals surface area contributed by atoms with Gasteiger partial charge in [0.2, 0.25) is 0 Å². The van der Waals surface area contributed by atoms with Crippen molar-refractivity contribution in [3.8, 4) is 5.75 Å². The summed E-state index contributed by atoms with van der Waals surface area (Å²) in [7, 11) is 1.90. The van der Waals surface area contributed by atoms with E-state index in [0.717, 1.165) is 26.2 Å². The Bertz CT molecular complexity index is 576. The fraction of sp³-hybridized carbons (Fsp3) is 0.333. The summed E-state index contributed by atoms with van der Waals surface area (Å²) < 4.78 is 9.19. The SMILES string of the molecule is Cc1nnc(COc2c(Br)cc(CO)cc2Br)n1C. The van der Waals surface area contributed by atoms with Crippen LogP contribution in [0.5, 0.6) is 5.75 Å². The van der Waals surface area contributed by atoms with Crippen molar-refractivity contribution >= 4 is 31.9 Å². The zero-order valence-corrected chi connectivity index (χ0v) is 13.7. The number of hydrogen-bond donors (Lipinski definition) is 1. The average molecular weight is 391 g/mol. The van der Waals surface area contributed by atoms with Gasteiger partial charge in [-0.15, -0.1) is 10.2 Å². The quantitative estimate of drug-likeness (QED) is 0.871. The summed E-state index contributed by atoms with van der Waals surface area (Å²) in [5.41, 5.74) is 0.806. The number of halogens is 2. The molecule has 0 aliphatic heterocycles. The lowest BCUT2D eigenvalue weighted by Gasteiger charge is -2.11. The molecule has 102 valence electrons. The molecule has 2 rings (SSSR count). The molecule has 5 nitrogen and oxygen atoms in total. The van der Waals surface area contributed by atoms with E-state index in [0.29, 0.717) is 12.4 Å². The molecule has 0 saturated heterocycles. The molecule has 0 unspecified atom stereocenters. The van der Waals surface area contributed by atoms with E-state index < -0.39 is 0 Å². The molecule has 0 spiro atoms. The highest BCUT2D eigenvalue weighted by atomic mass is 79.9. The van der Waals surface area contributed by atoms with Crippen LogP contribution >= 0.6 is 31.9 Å². The van der Waals surface area contributed by atoms with E-state index in [1.165, 1.54) is 0 Å². The Balaban J connectivity index is 2.18. The van der Waals surface area contributed by atoms with Gasteiger partial charge in [0.25, 0.3) is 0 Å². The lowest BCUT2D eigenvalue weighted by molar-refractivity contribution is 0.278. The molecule has 1 aromatic carbocycles. The Hall–Kier alpha value is -0.920. The van der Waals surface area contributed by atoms with Crippen molar-refractivity contribution in [1.29, 1.82) is 0 Å². The second-order valence-electron chi connectivity index (χ2n) is 4.06. The monoisotopic (exact) mass is 389 g/mol. The third-order valence-corrected chi connectivity index (χ3v) is 3.95. The number of nitrogens with zero attached hydrogens (tertiary/aromatic N) is 3. The maximum Gasteiger partial charge on any atom is 0.170 e. The summed E-state index contributed by atoms with van der Waals surface area (Å²) in [6.07, 6.45) is 0. The number of hydrogen-bond acceptors (Lipinski definition) is 4. The first-order chi connectivity index (χ1) is 9.02. The van der Waals surface area contributed by atoms with E-state index in [1.54, 1.807) is 0 Å². The number of rotatable bonds is 4. The zero-order valence-electron chi connectivity index (χ0n) is 10.5. The minimum absolute atomic E-state index is 0.0139. The van der Waals surface area contributed by atoms with E-state index in [1.807, 2.05) is 30.7 Å². The van der Waals surface area contributed by atoms with E-state index in [-0.39, 0.29) is 6.61 Å². The van der Waals surface area contributed by atoms with Crippen molar-refractivity contribution in [3.63, 3.8) is 0 Å². The Morgan fingerprint density at radius 3 is 2.37 bits per heavy atom. The maximum absolute atomic E-state index is 9.12. The fourth-order valence-electron chi connectivity index (χ4n) is 1.55. The first-order valence-electron chi connectivity index (χ1n) is 5.59. The topological polar surface area (TPSA) is 60.2 Å². The summed E-state index contributed by atoms with van der Waals surface area (Å²) in [5.74, 6) is 2.27. The maximum atomic E-state index is 9.12. The Morgan fingerprint density at radius 2 is 1.89 bits per heavy atom. The predicted molar refractivity (Wildman–Crippen MR) is 77.8 cm³/mol. The first kappa shape index (κ1) is 14.5. The van der Waals surface area contributed by atoms with Crippen molar-refractivity contribution in [3.05, 3.63) is 38.3 Å². The van der Waals surface area contributed by atoms with Crippen LogP contribution in [-0.4, -0.2) is 19.9 Å². The standard InChI is InChI=1S/C12H13Br2N3O2/c1-7-15-16-11(17(7)2)6-19-12-9(13)3-8(5-18)4-10(12)14/h3-4,18H,5-6H2,1-2H3. The van der Waals surface area contributed by atoms with E-state index in [4.69, 9.17) is 9.84 Å². The number of aliphatic hydroxyl groups excluding tert-OH is 1. The van der Waals surface area contributed by atoms with E-state index in [9.17, 15) is 0 Å². The number of ether oxygens (including phenoxy) is 1. The van der Waals surface area contributed by atoms with Crippen LogP contribution in [0.1, 0.15) is 17.2 Å². The summed E-state index contributed by atoms with van der Waals surface area (Å²) in [5, 5.41) is 17.1. The number of benzene rings is 1. The van der Waals surface area contributed by atoms with Crippen LogP contribution in [0.3, 0.4) is 0 Å². The highest BCUT2D eigenvalue weighted by molar-refractivity contribution is 9.11. The molecule has 0 fully saturated rings. The molecular weight excluding hydrogens is 378 g/mol. The van der Waals surface area contributed by atoms with Gasteiger partial charge in [-0.3, -0.25) is 0 Å². The van der Waals surface area contributed by atoms with Crippen molar-refractivity contribution < 1.29 is 9.84 Å². The molecular formula is C12H13Br2N3O2. The largest absolute Gasteiger partial charge is 0.483 e. The predicted octanol–water partition coefficient (Wildman–Crippen LogP) is 2.72.